The molecule has 0 aliphatic carbocycles. The fraction of sp³-hybridized carbons (Fsp3) is 0.0952. The van der Waals surface area contributed by atoms with E-state index in [-0.39, 0.29) is 19.0 Å². The number of carbonyl (C=O) groups is 2. The minimum Gasteiger partial charge on any atom is -0.467 e. The summed E-state index contributed by atoms with van der Waals surface area (Å²) < 4.78 is 11.6. The maximum Gasteiger partial charge on any atom is 0.420 e. The number of furan rings is 1. The molecule has 2 amide bonds. The van der Waals surface area contributed by atoms with Crippen LogP contribution in [0.1, 0.15) is 16.1 Å². The lowest BCUT2D eigenvalue weighted by Gasteiger charge is -2.11. The monoisotopic (exact) mass is 391 g/mol. The van der Waals surface area contributed by atoms with Crippen molar-refractivity contribution in [3.8, 4) is 0 Å². The number of rotatable bonds is 6. The van der Waals surface area contributed by atoms with Crippen LogP contribution in [0.15, 0.2) is 80.6 Å². The van der Waals surface area contributed by atoms with Crippen molar-refractivity contribution in [1.82, 2.24) is 9.88 Å². The third kappa shape index (κ3) is 3.96. The second kappa shape index (κ2) is 7.89. The molecule has 2 aromatic heterocycles. The van der Waals surface area contributed by atoms with E-state index < -0.39 is 11.7 Å². The molecule has 0 unspecified atom stereocenters. The number of hydrogen-bond acceptors (Lipinski definition) is 5. The number of oxazole rings is 1. The van der Waals surface area contributed by atoms with Crippen LogP contribution in [0.3, 0.4) is 0 Å². The van der Waals surface area contributed by atoms with E-state index in [0.29, 0.717) is 28.1 Å². The largest absolute Gasteiger partial charge is 0.467 e. The van der Waals surface area contributed by atoms with Crippen LogP contribution in [0.2, 0.25) is 0 Å². The highest BCUT2D eigenvalue weighted by molar-refractivity contribution is 6.03. The van der Waals surface area contributed by atoms with Crippen molar-refractivity contribution < 1.29 is 18.4 Å². The van der Waals surface area contributed by atoms with Gasteiger partial charge in [0.05, 0.1) is 29.6 Å². The van der Waals surface area contributed by atoms with E-state index in [1.165, 1.54) is 10.8 Å². The van der Waals surface area contributed by atoms with Gasteiger partial charge in [0, 0.05) is 0 Å². The number of aromatic nitrogens is 1. The van der Waals surface area contributed by atoms with E-state index >= 15 is 0 Å². The number of carbonyl (C=O) groups excluding carboxylic acids is 2. The minimum atomic E-state index is -0.620. The first kappa shape index (κ1) is 18.3. The van der Waals surface area contributed by atoms with Crippen molar-refractivity contribution in [2.45, 2.75) is 13.1 Å². The average molecular weight is 391 g/mol. The summed E-state index contributed by atoms with van der Waals surface area (Å²) in [7, 11) is 0. The molecular weight excluding hydrogens is 374 g/mol. The summed E-state index contributed by atoms with van der Waals surface area (Å²) in [4.78, 5) is 37.1. The number of amides is 2. The summed E-state index contributed by atoms with van der Waals surface area (Å²) in [6.07, 6.45) is 1.52. The second-order valence-corrected chi connectivity index (χ2v) is 6.28. The zero-order valence-corrected chi connectivity index (χ0v) is 15.3. The van der Waals surface area contributed by atoms with Crippen LogP contribution in [0.4, 0.5) is 5.69 Å². The Kier molecular flexibility index (Phi) is 4.98. The van der Waals surface area contributed by atoms with Gasteiger partial charge in [-0.1, -0.05) is 24.3 Å². The smallest absolute Gasteiger partial charge is 0.420 e. The number of anilines is 1. The van der Waals surface area contributed by atoms with Gasteiger partial charge in [-0.05, 0) is 36.4 Å². The lowest BCUT2D eigenvalue weighted by molar-refractivity contribution is -0.116. The van der Waals surface area contributed by atoms with Crippen LogP contribution in [0.25, 0.3) is 11.1 Å². The third-order valence-corrected chi connectivity index (χ3v) is 4.32. The predicted octanol–water partition coefficient (Wildman–Crippen LogP) is 2.76. The highest BCUT2D eigenvalue weighted by Crippen LogP contribution is 2.16. The third-order valence-electron chi connectivity index (χ3n) is 4.32. The van der Waals surface area contributed by atoms with Crippen LogP contribution < -0.4 is 16.4 Å². The standard InChI is InChI=1S/C21H17N3O5/c25-19(13-24-17-9-3-4-10-18(17)29-21(24)27)23-16-8-2-1-7-15(16)20(26)22-12-14-6-5-11-28-14/h1-11H,12-13H2,(H,22,26)(H,23,25). The van der Waals surface area contributed by atoms with E-state index in [1.807, 2.05) is 0 Å². The molecule has 0 saturated heterocycles. The molecule has 0 aliphatic heterocycles. The van der Waals surface area contributed by atoms with Crippen molar-refractivity contribution in [2.75, 3.05) is 5.32 Å². The minimum absolute atomic E-state index is 0.227. The molecule has 2 N–H and O–H groups in total. The summed E-state index contributed by atoms with van der Waals surface area (Å²) in [5, 5.41) is 5.43. The van der Waals surface area contributed by atoms with Gasteiger partial charge in [-0.25, -0.2) is 4.79 Å². The van der Waals surface area contributed by atoms with Gasteiger partial charge in [-0.15, -0.1) is 0 Å². The molecular formula is C21H17N3O5. The van der Waals surface area contributed by atoms with E-state index in [9.17, 15) is 14.4 Å². The van der Waals surface area contributed by atoms with E-state index in [2.05, 4.69) is 10.6 Å². The Labute approximate surface area is 164 Å². The zero-order chi connectivity index (χ0) is 20.2. The molecule has 0 bridgehead atoms. The second-order valence-electron chi connectivity index (χ2n) is 6.28. The highest BCUT2D eigenvalue weighted by Gasteiger charge is 2.16. The molecule has 0 spiro atoms. The normalized spacial score (nSPS) is 10.8. The van der Waals surface area contributed by atoms with Crippen LogP contribution in [-0.2, 0) is 17.9 Å². The highest BCUT2D eigenvalue weighted by atomic mass is 16.4. The fourth-order valence-corrected chi connectivity index (χ4v) is 2.96. The fourth-order valence-electron chi connectivity index (χ4n) is 2.96. The van der Waals surface area contributed by atoms with Crippen molar-refractivity contribution in [2.24, 2.45) is 0 Å². The van der Waals surface area contributed by atoms with Gasteiger partial charge in [0.1, 0.15) is 12.3 Å². The van der Waals surface area contributed by atoms with Gasteiger partial charge in [-0.2, -0.15) is 0 Å². The zero-order valence-electron chi connectivity index (χ0n) is 15.3. The summed E-state index contributed by atoms with van der Waals surface area (Å²) in [5.41, 5.74) is 1.58. The molecule has 0 saturated carbocycles. The van der Waals surface area contributed by atoms with Crippen molar-refractivity contribution in [3.63, 3.8) is 0 Å². The molecule has 0 fully saturated rings. The van der Waals surface area contributed by atoms with Crippen molar-refractivity contribution in [3.05, 3.63) is 88.8 Å². The number of para-hydroxylation sites is 3. The van der Waals surface area contributed by atoms with Crippen LogP contribution >= 0.6 is 0 Å². The summed E-state index contributed by atoms with van der Waals surface area (Å²) in [5.74, 6) is -0.815. The SMILES string of the molecule is O=C(Cn1c(=O)oc2ccccc21)Nc1ccccc1C(=O)NCc1ccco1. The van der Waals surface area contributed by atoms with E-state index in [1.54, 1.807) is 60.7 Å². The molecule has 8 nitrogen and oxygen atoms in total. The number of benzene rings is 2. The van der Waals surface area contributed by atoms with E-state index in [4.69, 9.17) is 8.83 Å². The van der Waals surface area contributed by atoms with Crippen LogP contribution in [0, 0.1) is 0 Å². The molecule has 4 rings (SSSR count). The maximum atomic E-state index is 12.5. The van der Waals surface area contributed by atoms with Crippen LogP contribution in [0.5, 0.6) is 0 Å². The molecule has 29 heavy (non-hydrogen) atoms. The topological polar surface area (TPSA) is 106 Å². The quantitative estimate of drug-likeness (QED) is 0.526. The van der Waals surface area contributed by atoms with Gasteiger partial charge >= 0.3 is 5.76 Å². The number of hydrogen-bond donors (Lipinski definition) is 2. The Morgan fingerprint density at radius 3 is 2.59 bits per heavy atom. The molecule has 2 aromatic carbocycles. The molecule has 146 valence electrons. The molecule has 0 radical (unpaired) electrons. The predicted molar refractivity (Wildman–Crippen MR) is 105 cm³/mol. The van der Waals surface area contributed by atoms with Gasteiger partial charge < -0.3 is 19.5 Å². The molecule has 2 heterocycles. The summed E-state index contributed by atoms with van der Waals surface area (Å²) in [6, 6.07) is 17.0. The summed E-state index contributed by atoms with van der Waals surface area (Å²) >= 11 is 0. The Bertz CT molecular complexity index is 1220. The molecule has 8 heteroatoms. The van der Waals surface area contributed by atoms with E-state index in [0.717, 1.165) is 0 Å². The van der Waals surface area contributed by atoms with Gasteiger partial charge in [0.15, 0.2) is 5.58 Å². The average Bonchev–Trinajstić information content (AvgIpc) is 3.35. The molecule has 0 aliphatic rings. The molecule has 4 aromatic rings. The van der Waals surface area contributed by atoms with Crippen molar-refractivity contribution in [1.29, 1.82) is 0 Å². The number of fused-ring (bicyclic) bond motifs is 1. The first-order chi connectivity index (χ1) is 14.1. The van der Waals surface area contributed by atoms with Gasteiger partial charge in [0.25, 0.3) is 5.91 Å². The Hall–Kier alpha value is -4.07. The Morgan fingerprint density at radius 2 is 1.76 bits per heavy atom. The lowest BCUT2D eigenvalue weighted by Crippen LogP contribution is -2.27. The van der Waals surface area contributed by atoms with Gasteiger partial charge in [0.2, 0.25) is 5.91 Å². The first-order valence-corrected chi connectivity index (χ1v) is 8.89. The van der Waals surface area contributed by atoms with Crippen molar-refractivity contribution >= 4 is 28.6 Å². The first-order valence-electron chi connectivity index (χ1n) is 8.89. The Balaban J connectivity index is 1.49. The molecule has 0 atom stereocenters. The van der Waals surface area contributed by atoms with Crippen LogP contribution in [-0.4, -0.2) is 16.4 Å². The number of nitrogens with zero attached hydrogens (tertiary/aromatic N) is 1. The lowest BCUT2D eigenvalue weighted by atomic mass is 10.1. The maximum absolute atomic E-state index is 12.5. The summed E-state index contributed by atoms with van der Waals surface area (Å²) in [6.45, 7) is -0.0112. The Morgan fingerprint density at radius 1 is 0.966 bits per heavy atom. The number of nitrogens with one attached hydrogen (secondary N) is 2. The van der Waals surface area contributed by atoms with Gasteiger partial charge in [-0.3, -0.25) is 14.2 Å².